The molecule has 4 nitrogen and oxygen atoms in total. The van der Waals surface area contributed by atoms with Crippen LogP contribution in [0.15, 0.2) is 0 Å². The fourth-order valence-corrected chi connectivity index (χ4v) is 3.52. The van der Waals surface area contributed by atoms with Crippen molar-refractivity contribution in [2.75, 3.05) is 31.1 Å². The normalized spacial score (nSPS) is 23.6. The van der Waals surface area contributed by atoms with Crippen molar-refractivity contribution < 1.29 is 8.42 Å². The average molecular weight is 276 g/mol. The average Bonchev–Trinajstić information content (AvgIpc) is 2.37. The van der Waals surface area contributed by atoms with E-state index < -0.39 is 9.84 Å². The number of nitrogens with zero attached hydrogens (tertiary/aromatic N) is 1. The van der Waals surface area contributed by atoms with Gasteiger partial charge in [-0.15, -0.1) is 0 Å². The largest absolute Gasteiger partial charge is 0.312 e. The molecule has 1 saturated heterocycles. The van der Waals surface area contributed by atoms with Crippen molar-refractivity contribution in [2.45, 2.75) is 52.1 Å². The van der Waals surface area contributed by atoms with Gasteiger partial charge in [0.05, 0.1) is 11.5 Å². The molecule has 1 N–H and O–H groups in total. The third kappa shape index (κ3) is 6.16. The summed E-state index contributed by atoms with van der Waals surface area (Å²) in [5.74, 6) is 0.681. The first-order chi connectivity index (χ1) is 8.20. The van der Waals surface area contributed by atoms with Gasteiger partial charge in [0.2, 0.25) is 0 Å². The van der Waals surface area contributed by atoms with E-state index in [1.165, 1.54) is 0 Å². The van der Waals surface area contributed by atoms with Gasteiger partial charge in [-0.25, -0.2) is 8.42 Å². The zero-order valence-electron chi connectivity index (χ0n) is 12.2. The molecule has 0 aromatic rings. The van der Waals surface area contributed by atoms with Crippen LogP contribution in [0.5, 0.6) is 0 Å². The second-order valence-corrected chi connectivity index (χ2v) is 8.66. The van der Waals surface area contributed by atoms with E-state index in [1.807, 2.05) is 0 Å². The summed E-state index contributed by atoms with van der Waals surface area (Å²) in [6, 6.07) is 0.452. The Kier molecular flexibility index (Phi) is 5.62. The lowest BCUT2D eigenvalue weighted by molar-refractivity contribution is 0.210. The molecule has 0 saturated carbocycles. The summed E-state index contributed by atoms with van der Waals surface area (Å²) in [5, 5.41) is 3.48. The van der Waals surface area contributed by atoms with Gasteiger partial charge in [-0.3, -0.25) is 4.90 Å². The summed E-state index contributed by atoms with van der Waals surface area (Å²) in [4.78, 5) is 2.31. The maximum Gasteiger partial charge on any atom is 0.151 e. The van der Waals surface area contributed by atoms with Crippen molar-refractivity contribution in [1.82, 2.24) is 10.2 Å². The maximum atomic E-state index is 11.5. The Bertz CT molecular complexity index is 346. The third-order valence-corrected chi connectivity index (χ3v) is 5.15. The fourth-order valence-electron chi connectivity index (χ4n) is 2.24. The zero-order valence-corrected chi connectivity index (χ0v) is 13.0. The molecule has 1 aliphatic heterocycles. The molecule has 0 aromatic carbocycles. The van der Waals surface area contributed by atoms with Crippen molar-refractivity contribution >= 4 is 9.84 Å². The Morgan fingerprint density at radius 1 is 1.22 bits per heavy atom. The number of hydrogen-bond acceptors (Lipinski definition) is 4. The smallest absolute Gasteiger partial charge is 0.151 e. The zero-order chi connectivity index (χ0) is 13.8. The SMILES string of the molecule is CC(CCNC(C)(C)C)N1CCCS(=O)(=O)CC1. The van der Waals surface area contributed by atoms with Crippen molar-refractivity contribution in [1.29, 1.82) is 0 Å². The van der Waals surface area contributed by atoms with E-state index in [0.29, 0.717) is 24.1 Å². The molecule has 1 unspecified atom stereocenters. The highest BCUT2D eigenvalue weighted by atomic mass is 32.2. The lowest BCUT2D eigenvalue weighted by Crippen LogP contribution is -2.41. The minimum Gasteiger partial charge on any atom is -0.312 e. The van der Waals surface area contributed by atoms with Gasteiger partial charge in [0, 0.05) is 18.1 Å². The Hall–Kier alpha value is -0.130. The van der Waals surface area contributed by atoms with Crippen LogP contribution in [0.2, 0.25) is 0 Å². The second kappa shape index (κ2) is 6.35. The lowest BCUT2D eigenvalue weighted by atomic mass is 10.1. The van der Waals surface area contributed by atoms with Gasteiger partial charge >= 0.3 is 0 Å². The molecular weight excluding hydrogens is 248 g/mol. The van der Waals surface area contributed by atoms with Gasteiger partial charge in [0.1, 0.15) is 0 Å². The fraction of sp³-hybridized carbons (Fsp3) is 1.00. The Labute approximate surface area is 112 Å². The molecule has 1 aliphatic rings. The monoisotopic (exact) mass is 276 g/mol. The molecule has 1 fully saturated rings. The maximum absolute atomic E-state index is 11.5. The van der Waals surface area contributed by atoms with Crippen molar-refractivity contribution in [3.05, 3.63) is 0 Å². The minimum atomic E-state index is -2.79. The van der Waals surface area contributed by atoms with Crippen LogP contribution < -0.4 is 5.32 Å². The van der Waals surface area contributed by atoms with E-state index >= 15 is 0 Å². The first-order valence-electron chi connectivity index (χ1n) is 6.89. The minimum absolute atomic E-state index is 0.155. The number of hydrogen-bond donors (Lipinski definition) is 1. The highest BCUT2D eigenvalue weighted by Gasteiger charge is 2.22. The van der Waals surface area contributed by atoms with Gasteiger partial charge in [0.25, 0.3) is 0 Å². The molecule has 1 heterocycles. The van der Waals surface area contributed by atoms with E-state index in [0.717, 1.165) is 25.9 Å². The van der Waals surface area contributed by atoms with Gasteiger partial charge in [-0.2, -0.15) is 0 Å². The number of sulfone groups is 1. The Morgan fingerprint density at radius 2 is 1.89 bits per heavy atom. The van der Waals surface area contributed by atoms with Crippen LogP contribution in [0.1, 0.15) is 40.5 Å². The molecule has 0 aliphatic carbocycles. The van der Waals surface area contributed by atoms with Crippen LogP contribution in [-0.4, -0.2) is 56.0 Å². The molecule has 108 valence electrons. The predicted octanol–water partition coefficient (Wildman–Crippen LogP) is 1.27. The molecule has 1 rings (SSSR count). The van der Waals surface area contributed by atoms with E-state index in [4.69, 9.17) is 0 Å². The van der Waals surface area contributed by atoms with Crippen LogP contribution >= 0.6 is 0 Å². The van der Waals surface area contributed by atoms with E-state index in [2.05, 4.69) is 37.9 Å². The highest BCUT2D eigenvalue weighted by Crippen LogP contribution is 2.11. The standard InChI is InChI=1S/C13H28N2O2S/c1-12(6-7-14-13(2,3)4)15-8-5-10-18(16,17)11-9-15/h12,14H,5-11H2,1-4H3. The summed E-state index contributed by atoms with van der Waals surface area (Å²) < 4.78 is 23.1. The van der Waals surface area contributed by atoms with E-state index in [1.54, 1.807) is 0 Å². The van der Waals surface area contributed by atoms with Crippen LogP contribution in [0.3, 0.4) is 0 Å². The number of rotatable bonds is 4. The first kappa shape index (κ1) is 15.9. The van der Waals surface area contributed by atoms with Gasteiger partial charge < -0.3 is 5.32 Å². The topological polar surface area (TPSA) is 49.4 Å². The molecule has 0 aromatic heterocycles. The van der Waals surface area contributed by atoms with Crippen molar-refractivity contribution in [2.24, 2.45) is 0 Å². The van der Waals surface area contributed by atoms with Crippen LogP contribution in [-0.2, 0) is 9.84 Å². The van der Waals surface area contributed by atoms with Crippen LogP contribution in [0.25, 0.3) is 0 Å². The predicted molar refractivity (Wildman–Crippen MR) is 76.7 cm³/mol. The van der Waals surface area contributed by atoms with Crippen LogP contribution in [0, 0.1) is 0 Å². The summed E-state index contributed by atoms with van der Waals surface area (Å²) in [6.07, 6.45) is 1.84. The Balaban J connectivity index is 2.35. The summed E-state index contributed by atoms with van der Waals surface area (Å²) >= 11 is 0. The van der Waals surface area contributed by atoms with Crippen LogP contribution in [0.4, 0.5) is 0 Å². The molecule has 0 bridgehead atoms. The second-order valence-electron chi connectivity index (χ2n) is 6.36. The van der Waals surface area contributed by atoms with Gasteiger partial charge in [0.15, 0.2) is 9.84 Å². The molecule has 5 heteroatoms. The lowest BCUT2D eigenvalue weighted by Gasteiger charge is -2.29. The quantitative estimate of drug-likeness (QED) is 0.840. The molecular formula is C13H28N2O2S. The van der Waals surface area contributed by atoms with Gasteiger partial charge in [-0.05, 0) is 53.6 Å². The van der Waals surface area contributed by atoms with Gasteiger partial charge in [-0.1, -0.05) is 0 Å². The molecule has 1 atom stereocenters. The Morgan fingerprint density at radius 3 is 2.50 bits per heavy atom. The number of nitrogens with one attached hydrogen (secondary N) is 1. The van der Waals surface area contributed by atoms with Crippen molar-refractivity contribution in [3.8, 4) is 0 Å². The van der Waals surface area contributed by atoms with E-state index in [-0.39, 0.29) is 5.54 Å². The molecule has 18 heavy (non-hydrogen) atoms. The highest BCUT2D eigenvalue weighted by molar-refractivity contribution is 7.91. The molecule has 0 amide bonds. The summed E-state index contributed by atoms with van der Waals surface area (Å²) in [6.45, 7) is 11.3. The van der Waals surface area contributed by atoms with Crippen molar-refractivity contribution in [3.63, 3.8) is 0 Å². The summed E-state index contributed by atoms with van der Waals surface area (Å²) in [5.41, 5.74) is 0.155. The summed E-state index contributed by atoms with van der Waals surface area (Å²) in [7, 11) is -2.79. The third-order valence-electron chi connectivity index (χ3n) is 3.43. The first-order valence-corrected chi connectivity index (χ1v) is 8.71. The van der Waals surface area contributed by atoms with E-state index in [9.17, 15) is 8.42 Å². The molecule has 0 spiro atoms. The molecule has 0 radical (unpaired) electrons.